The fourth-order valence-electron chi connectivity index (χ4n) is 3.29. The van der Waals surface area contributed by atoms with Crippen LogP contribution in [0.1, 0.15) is 31.7 Å². The number of hydrogen-bond donors (Lipinski definition) is 2. The van der Waals surface area contributed by atoms with E-state index in [-0.39, 0.29) is 5.91 Å². The molecule has 2 heterocycles. The van der Waals surface area contributed by atoms with E-state index in [9.17, 15) is 4.79 Å². The number of pyridine rings is 1. The highest BCUT2D eigenvalue weighted by Crippen LogP contribution is 2.15. The molecule has 0 unspecified atom stereocenters. The molecular formula is C22H35N5O2S2. The van der Waals surface area contributed by atoms with E-state index < -0.39 is 0 Å². The van der Waals surface area contributed by atoms with Gasteiger partial charge in [0.05, 0.1) is 5.75 Å². The molecule has 1 aromatic rings. The molecule has 31 heavy (non-hydrogen) atoms. The molecule has 9 heteroatoms. The lowest BCUT2D eigenvalue weighted by Gasteiger charge is -2.26. The molecule has 1 aromatic heterocycles. The van der Waals surface area contributed by atoms with E-state index in [1.165, 1.54) is 49.7 Å². The van der Waals surface area contributed by atoms with Crippen LogP contribution in [0.3, 0.4) is 0 Å². The van der Waals surface area contributed by atoms with Crippen molar-refractivity contribution >= 4 is 35.0 Å². The molecule has 0 aliphatic carbocycles. The van der Waals surface area contributed by atoms with Crippen LogP contribution >= 0.6 is 24.0 Å². The molecule has 1 aliphatic rings. The lowest BCUT2D eigenvalue weighted by molar-refractivity contribution is -0.115. The van der Waals surface area contributed by atoms with Crippen molar-refractivity contribution in [2.24, 2.45) is 5.73 Å². The van der Waals surface area contributed by atoms with Crippen molar-refractivity contribution in [3.63, 3.8) is 0 Å². The molecule has 0 saturated carbocycles. The second-order valence-corrected chi connectivity index (χ2v) is 8.91. The average Bonchev–Trinajstić information content (AvgIpc) is 2.76. The summed E-state index contributed by atoms with van der Waals surface area (Å²) in [5.41, 5.74) is 6.43. The van der Waals surface area contributed by atoms with Crippen molar-refractivity contribution < 1.29 is 9.53 Å². The van der Waals surface area contributed by atoms with Gasteiger partial charge in [-0.2, -0.15) is 11.8 Å². The monoisotopic (exact) mass is 465 g/mol. The first-order valence-electron chi connectivity index (χ1n) is 10.9. The Balaban J connectivity index is 1.75. The Bertz CT molecular complexity index is 711. The summed E-state index contributed by atoms with van der Waals surface area (Å²) in [5.74, 6) is 1.47. The summed E-state index contributed by atoms with van der Waals surface area (Å²) in [6.45, 7) is 7.97. The van der Waals surface area contributed by atoms with Gasteiger partial charge in [-0.3, -0.25) is 9.69 Å². The lowest BCUT2D eigenvalue weighted by Crippen LogP contribution is -2.41. The van der Waals surface area contributed by atoms with Gasteiger partial charge in [0.25, 0.3) is 0 Å². The lowest BCUT2D eigenvalue weighted by atomic mass is 10.1. The zero-order valence-electron chi connectivity index (χ0n) is 18.4. The molecule has 2 rings (SSSR count). The fourth-order valence-corrected chi connectivity index (χ4v) is 4.30. The number of nitrogens with zero attached hydrogens (tertiary/aromatic N) is 3. The number of carbonyl (C=O) groups is 1. The van der Waals surface area contributed by atoms with Gasteiger partial charge in [0, 0.05) is 44.2 Å². The molecule has 172 valence electrons. The van der Waals surface area contributed by atoms with Crippen LogP contribution in [0.5, 0.6) is 5.88 Å². The van der Waals surface area contributed by atoms with Crippen molar-refractivity contribution in [2.45, 2.75) is 32.7 Å². The number of carbonyl (C=O) groups excluding carboxylic acids is 1. The maximum absolute atomic E-state index is 10.9. The number of nitrogens with one attached hydrogen (secondary N) is 1. The molecule has 0 atom stereocenters. The number of piperidine rings is 1. The Hall–Kier alpha value is -1.84. The van der Waals surface area contributed by atoms with Crippen molar-refractivity contribution in [1.29, 1.82) is 0 Å². The second-order valence-electron chi connectivity index (χ2n) is 7.42. The summed E-state index contributed by atoms with van der Waals surface area (Å²) >= 11 is 6.96. The minimum Gasteiger partial charge on any atom is -0.473 e. The highest BCUT2D eigenvalue weighted by Gasteiger charge is 2.11. The first-order valence-corrected chi connectivity index (χ1v) is 12.5. The second kappa shape index (κ2) is 15.0. The molecule has 1 fully saturated rings. The number of primary amides is 1. The molecule has 7 nitrogen and oxygen atoms in total. The molecule has 0 spiro atoms. The van der Waals surface area contributed by atoms with Gasteiger partial charge in [0.1, 0.15) is 6.61 Å². The van der Waals surface area contributed by atoms with Crippen LogP contribution in [0.25, 0.3) is 0 Å². The number of thiocarbonyl (C=S) groups is 1. The van der Waals surface area contributed by atoms with E-state index in [4.69, 9.17) is 22.7 Å². The van der Waals surface area contributed by atoms with E-state index in [1.54, 1.807) is 0 Å². The minimum absolute atomic E-state index is 0.295. The van der Waals surface area contributed by atoms with Gasteiger partial charge in [-0.25, -0.2) is 4.98 Å². The number of rotatable bonds is 13. The number of likely N-dealkylation sites (tertiary alicyclic amines) is 1. The molecule has 1 amide bonds. The number of amides is 1. The first-order chi connectivity index (χ1) is 15.1. The van der Waals surface area contributed by atoms with Crippen LogP contribution in [0.2, 0.25) is 0 Å². The third-order valence-corrected chi connectivity index (χ3v) is 6.20. The quantitative estimate of drug-likeness (QED) is 0.261. The van der Waals surface area contributed by atoms with E-state index in [0.29, 0.717) is 29.9 Å². The third kappa shape index (κ3) is 10.8. The topological polar surface area (TPSA) is 83.7 Å². The Labute approximate surface area is 195 Å². The predicted octanol–water partition coefficient (Wildman–Crippen LogP) is 2.42. The largest absolute Gasteiger partial charge is 0.473 e. The Morgan fingerprint density at radius 3 is 2.94 bits per heavy atom. The SMILES string of the molecule is CCNC(=S)N(C/C=C\COc1cc(CN2CCCCC2)ccn1)CCSCC(N)=O. The normalized spacial score (nSPS) is 14.5. The predicted molar refractivity (Wildman–Crippen MR) is 132 cm³/mol. The van der Waals surface area contributed by atoms with Gasteiger partial charge in [0.2, 0.25) is 11.8 Å². The van der Waals surface area contributed by atoms with Crippen molar-refractivity contribution in [3.8, 4) is 5.88 Å². The van der Waals surface area contributed by atoms with Gasteiger partial charge >= 0.3 is 0 Å². The Morgan fingerprint density at radius 2 is 2.19 bits per heavy atom. The van der Waals surface area contributed by atoms with Gasteiger partial charge in [-0.1, -0.05) is 12.5 Å². The van der Waals surface area contributed by atoms with Gasteiger partial charge in [-0.05, 0) is 62.8 Å². The highest BCUT2D eigenvalue weighted by molar-refractivity contribution is 7.99. The summed E-state index contributed by atoms with van der Waals surface area (Å²) in [6, 6.07) is 4.10. The van der Waals surface area contributed by atoms with Gasteiger partial charge in [-0.15, -0.1) is 0 Å². The maximum Gasteiger partial charge on any atom is 0.227 e. The van der Waals surface area contributed by atoms with Crippen LogP contribution in [0.4, 0.5) is 0 Å². The maximum atomic E-state index is 10.9. The van der Waals surface area contributed by atoms with E-state index in [2.05, 4.69) is 26.2 Å². The summed E-state index contributed by atoms with van der Waals surface area (Å²) in [6.07, 6.45) is 9.76. The van der Waals surface area contributed by atoms with Crippen molar-refractivity contribution in [2.75, 3.05) is 50.8 Å². The van der Waals surface area contributed by atoms with Crippen molar-refractivity contribution in [3.05, 3.63) is 36.0 Å². The molecule has 1 saturated heterocycles. The number of thioether (sulfide) groups is 1. The Morgan fingerprint density at radius 1 is 1.39 bits per heavy atom. The Kier molecular flexibility index (Phi) is 12.3. The van der Waals surface area contributed by atoms with Crippen LogP contribution < -0.4 is 15.8 Å². The van der Waals surface area contributed by atoms with E-state index >= 15 is 0 Å². The van der Waals surface area contributed by atoms with E-state index in [0.717, 1.165) is 25.4 Å². The van der Waals surface area contributed by atoms with Crippen molar-refractivity contribution in [1.82, 2.24) is 20.1 Å². The molecular weight excluding hydrogens is 430 g/mol. The molecule has 0 bridgehead atoms. The number of ether oxygens (including phenoxy) is 1. The number of aromatic nitrogens is 1. The summed E-state index contributed by atoms with van der Waals surface area (Å²) < 4.78 is 5.81. The zero-order valence-corrected chi connectivity index (χ0v) is 20.1. The minimum atomic E-state index is -0.295. The fraction of sp³-hybridized carbons (Fsp3) is 0.591. The molecule has 1 aliphatic heterocycles. The average molecular weight is 466 g/mol. The van der Waals surface area contributed by atoms with Crippen LogP contribution in [-0.4, -0.2) is 76.6 Å². The summed E-state index contributed by atoms with van der Waals surface area (Å²) in [7, 11) is 0. The smallest absolute Gasteiger partial charge is 0.227 e. The first kappa shape index (κ1) is 25.4. The zero-order chi connectivity index (χ0) is 22.3. The van der Waals surface area contributed by atoms with Gasteiger partial charge < -0.3 is 20.7 Å². The molecule has 0 radical (unpaired) electrons. The highest BCUT2D eigenvalue weighted by atomic mass is 32.2. The standard InChI is InChI=1S/C22H35N5O2S2/c1-2-24-22(30)27(13-15-31-18-20(23)28)12-6-7-14-29-21-16-19(8-9-25-21)17-26-10-4-3-5-11-26/h6-9,16H,2-5,10-15,17-18H2,1H3,(H2,23,28)(H,24,30)/b7-6-. The third-order valence-electron chi connectivity index (χ3n) is 4.84. The van der Waals surface area contributed by atoms with Gasteiger partial charge in [0.15, 0.2) is 5.11 Å². The summed E-state index contributed by atoms with van der Waals surface area (Å²) in [4.78, 5) is 19.8. The molecule has 3 N–H and O–H groups in total. The van der Waals surface area contributed by atoms with Crippen LogP contribution in [0.15, 0.2) is 30.5 Å². The number of hydrogen-bond acceptors (Lipinski definition) is 6. The van der Waals surface area contributed by atoms with E-state index in [1.807, 2.05) is 31.3 Å². The number of nitrogens with two attached hydrogens (primary N) is 1. The summed E-state index contributed by atoms with van der Waals surface area (Å²) in [5, 5.41) is 3.89. The van der Waals surface area contributed by atoms with Crippen LogP contribution in [0, 0.1) is 0 Å². The van der Waals surface area contributed by atoms with Crippen LogP contribution in [-0.2, 0) is 11.3 Å². The molecule has 0 aromatic carbocycles.